The molecule has 7 heteroatoms. The normalized spacial score (nSPS) is 14.9. The van der Waals surface area contributed by atoms with Crippen LogP contribution < -0.4 is 10.1 Å². The number of ether oxygens (including phenoxy) is 2. The Morgan fingerprint density at radius 1 is 1.06 bits per heavy atom. The van der Waals surface area contributed by atoms with Gasteiger partial charge in [0.15, 0.2) is 0 Å². The number of aromatic nitrogens is 3. The zero-order valence-electron chi connectivity index (χ0n) is 20.5. The summed E-state index contributed by atoms with van der Waals surface area (Å²) in [5, 5.41) is 4.39. The Labute approximate surface area is 206 Å². The number of benzene rings is 1. The van der Waals surface area contributed by atoms with Crippen LogP contribution in [0.1, 0.15) is 41.2 Å². The van der Waals surface area contributed by atoms with Crippen LogP contribution in [0.5, 0.6) is 5.75 Å². The molecule has 182 valence electrons. The maximum Gasteiger partial charge on any atom is 0.138 e. The molecule has 2 N–H and O–H groups in total. The summed E-state index contributed by atoms with van der Waals surface area (Å²) in [6.45, 7) is 6.79. The van der Waals surface area contributed by atoms with Gasteiger partial charge in [-0.15, -0.1) is 0 Å². The molecule has 1 aliphatic heterocycles. The molecule has 4 aromatic rings. The van der Waals surface area contributed by atoms with Gasteiger partial charge in [0.1, 0.15) is 29.9 Å². The second-order valence-electron chi connectivity index (χ2n) is 9.14. The van der Waals surface area contributed by atoms with Crippen molar-refractivity contribution in [3.05, 3.63) is 83.3 Å². The van der Waals surface area contributed by atoms with Gasteiger partial charge in [0.2, 0.25) is 0 Å². The van der Waals surface area contributed by atoms with Gasteiger partial charge in [0.05, 0.1) is 6.20 Å². The Balaban J connectivity index is 1.27. The van der Waals surface area contributed by atoms with E-state index >= 15 is 0 Å². The number of methoxy groups -OCH3 is 1. The SMILES string of the molecule is COC(c1ccc(NCc2ccc(C)cc2)nc1)c1c[nH]c2ncc(OCCN3CCCC3)cc12. The molecule has 1 unspecified atom stereocenters. The Kier molecular flexibility index (Phi) is 7.25. The lowest BCUT2D eigenvalue weighted by Gasteiger charge is -2.16. The lowest BCUT2D eigenvalue weighted by atomic mass is 10.0. The molecular weight excluding hydrogens is 438 g/mol. The average molecular weight is 472 g/mol. The van der Waals surface area contributed by atoms with E-state index in [2.05, 4.69) is 68.5 Å². The predicted octanol–water partition coefficient (Wildman–Crippen LogP) is 5.09. The smallest absolute Gasteiger partial charge is 0.138 e. The minimum Gasteiger partial charge on any atom is -0.491 e. The molecule has 0 radical (unpaired) electrons. The van der Waals surface area contributed by atoms with E-state index in [0.717, 1.165) is 46.8 Å². The van der Waals surface area contributed by atoms with E-state index in [4.69, 9.17) is 9.47 Å². The van der Waals surface area contributed by atoms with Gasteiger partial charge < -0.3 is 19.8 Å². The van der Waals surface area contributed by atoms with Crippen molar-refractivity contribution in [1.82, 2.24) is 19.9 Å². The molecule has 5 rings (SSSR count). The largest absolute Gasteiger partial charge is 0.491 e. The van der Waals surface area contributed by atoms with Crippen molar-refractivity contribution in [2.24, 2.45) is 0 Å². The maximum atomic E-state index is 6.03. The van der Waals surface area contributed by atoms with Gasteiger partial charge in [0, 0.05) is 49.1 Å². The topological polar surface area (TPSA) is 75.3 Å². The van der Waals surface area contributed by atoms with Crippen LogP contribution in [0.25, 0.3) is 11.0 Å². The summed E-state index contributed by atoms with van der Waals surface area (Å²) >= 11 is 0. The molecule has 0 bridgehead atoms. The summed E-state index contributed by atoms with van der Waals surface area (Å²) in [4.78, 5) is 14.9. The number of aromatic amines is 1. The molecule has 0 amide bonds. The van der Waals surface area contributed by atoms with Crippen LogP contribution in [0, 0.1) is 6.92 Å². The van der Waals surface area contributed by atoms with Crippen molar-refractivity contribution >= 4 is 16.9 Å². The molecule has 0 spiro atoms. The van der Waals surface area contributed by atoms with E-state index in [0.29, 0.717) is 6.61 Å². The molecule has 0 saturated carbocycles. The van der Waals surface area contributed by atoms with Crippen molar-refractivity contribution in [1.29, 1.82) is 0 Å². The number of rotatable bonds is 10. The average Bonchev–Trinajstić information content (AvgIpc) is 3.55. The molecule has 1 fully saturated rings. The van der Waals surface area contributed by atoms with E-state index in [1.165, 1.54) is 37.1 Å². The summed E-state index contributed by atoms with van der Waals surface area (Å²) in [5.41, 5.74) is 5.30. The van der Waals surface area contributed by atoms with Crippen LogP contribution in [0.3, 0.4) is 0 Å². The monoisotopic (exact) mass is 471 g/mol. The Hall–Kier alpha value is -3.42. The summed E-state index contributed by atoms with van der Waals surface area (Å²) in [6, 6.07) is 14.6. The standard InChI is InChI=1S/C28H33N5O2/c1-20-5-7-21(8-6-20)16-29-26-10-9-22(17-30-26)27(34-2)25-19-32-28-24(25)15-23(18-31-28)35-14-13-33-11-3-4-12-33/h5-10,15,17-19,27H,3-4,11-14,16H2,1-2H3,(H,29,30)(H,31,32). The molecule has 1 aliphatic rings. The first-order valence-electron chi connectivity index (χ1n) is 12.3. The summed E-state index contributed by atoms with van der Waals surface area (Å²) in [6.07, 6.45) is 7.93. The number of nitrogens with one attached hydrogen (secondary N) is 2. The summed E-state index contributed by atoms with van der Waals surface area (Å²) in [5.74, 6) is 1.61. The van der Waals surface area contributed by atoms with Gasteiger partial charge in [0.25, 0.3) is 0 Å². The highest BCUT2D eigenvalue weighted by atomic mass is 16.5. The Morgan fingerprint density at radius 2 is 1.89 bits per heavy atom. The number of H-pyrrole nitrogens is 1. The van der Waals surface area contributed by atoms with Crippen LogP contribution in [-0.4, -0.2) is 53.2 Å². The van der Waals surface area contributed by atoms with Crippen LogP contribution in [0.2, 0.25) is 0 Å². The number of hydrogen-bond donors (Lipinski definition) is 2. The third-order valence-corrected chi connectivity index (χ3v) is 6.61. The number of fused-ring (bicyclic) bond motifs is 1. The molecule has 0 aliphatic carbocycles. The molecular formula is C28H33N5O2. The second kappa shape index (κ2) is 10.9. The highest BCUT2D eigenvalue weighted by molar-refractivity contribution is 5.82. The lowest BCUT2D eigenvalue weighted by Crippen LogP contribution is -2.25. The van der Waals surface area contributed by atoms with Crippen molar-refractivity contribution < 1.29 is 9.47 Å². The fraction of sp³-hybridized carbons (Fsp3) is 0.357. The van der Waals surface area contributed by atoms with Crippen molar-refractivity contribution in [3.8, 4) is 5.75 Å². The summed E-state index contributed by atoms with van der Waals surface area (Å²) < 4.78 is 11.9. The molecule has 1 aromatic carbocycles. The van der Waals surface area contributed by atoms with Gasteiger partial charge in [-0.05, 0) is 50.6 Å². The Bertz CT molecular complexity index is 1230. The molecule has 1 atom stereocenters. The van der Waals surface area contributed by atoms with Crippen LogP contribution >= 0.6 is 0 Å². The quantitative estimate of drug-likeness (QED) is 0.336. The zero-order valence-corrected chi connectivity index (χ0v) is 20.5. The summed E-state index contributed by atoms with van der Waals surface area (Å²) in [7, 11) is 1.72. The molecule has 4 heterocycles. The van der Waals surface area contributed by atoms with E-state index in [-0.39, 0.29) is 6.10 Å². The first-order valence-corrected chi connectivity index (χ1v) is 12.3. The molecule has 1 saturated heterocycles. The number of pyridine rings is 2. The third-order valence-electron chi connectivity index (χ3n) is 6.61. The van der Waals surface area contributed by atoms with Crippen molar-refractivity contribution in [3.63, 3.8) is 0 Å². The van der Waals surface area contributed by atoms with E-state index < -0.39 is 0 Å². The van der Waals surface area contributed by atoms with Gasteiger partial charge in [-0.3, -0.25) is 4.90 Å². The third kappa shape index (κ3) is 5.63. The zero-order chi connectivity index (χ0) is 24.0. The van der Waals surface area contributed by atoms with E-state index in [9.17, 15) is 0 Å². The highest BCUT2D eigenvalue weighted by Crippen LogP contribution is 2.32. The minimum absolute atomic E-state index is 0.260. The van der Waals surface area contributed by atoms with Gasteiger partial charge in [-0.25, -0.2) is 9.97 Å². The first-order chi connectivity index (χ1) is 17.2. The molecule has 3 aromatic heterocycles. The fourth-order valence-corrected chi connectivity index (χ4v) is 4.61. The second-order valence-corrected chi connectivity index (χ2v) is 9.14. The van der Waals surface area contributed by atoms with Crippen molar-refractivity contribution in [2.75, 3.05) is 38.7 Å². The number of anilines is 1. The van der Waals surface area contributed by atoms with E-state index in [1.54, 1.807) is 13.3 Å². The Morgan fingerprint density at radius 3 is 2.63 bits per heavy atom. The number of hydrogen-bond acceptors (Lipinski definition) is 6. The molecule has 35 heavy (non-hydrogen) atoms. The number of nitrogens with zero attached hydrogens (tertiary/aromatic N) is 3. The first kappa shape index (κ1) is 23.3. The van der Waals surface area contributed by atoms with Crippen LogP contribution in [-0.2, 0) is 11.3 Å². The minimum atomic E-state index is -0.260. The van der Waals surface area contributed by atoms with Crippen LogP contribution in [0.4, 0.5) is 5.82 Å². The van der Waals surface area contributed by atoms with Gasteiger partial charge in [-0.1, -0.05) is 35.9 Å². The maximum absolute atomic E-state index is 6.03. The van der Waals surface area contributed by atoms with Gasteiger partial charge in [-0.2, -0.15) is 0 Å². The number of likely N-dealkylation sites (tertiary alicyclic amines) is 1. The van der Waals surface area contributed by atoms with Crippen molar-refractivity contribution in [2.45, 2.75) is 32.4 Å². The highest BCUT2D eigenvalue weighted by Gasteiger charge is 2.19. The number of aryl methyl sites for hydroxylation is 1. The lowest BCUT2D eigenvalue weighted by molar-refractivity contribution is 0.137. The van der Waals surface area contributed by atoms with Gasteiger partial charge >= 0.3 is 0 Å². The predicted molar refractivity (Wildman–Crippen MR) is 139 cm³/mol. The van der Waals surface area contributed by atoms with E-state index in [1.807, 2.05) is 18.5 Å². The van der Waals surface area contributed by atoms with Crippen LogP contribution in [0.15, 0.2) is 61.1 Å². The molecule has 7 nitrogen and oxygen atoms in total. The fourth-order valence-electron chi connectivity index (χ4n) is 4.61.